The molecule has 8 nitrogen and oxygen atoms in total. The molecule has 2 N–H and O–H groups in total. The zero-order valence-corrected chi connectivity index (χ0v) is 16.5. The number of aromatic nitrogens is 1. The first-order valence-corrected chi connectivity index (χ1v) is 10.9. The van der Waals surface area contributed by atoms with Gasteiger partial charge >= 0.3 is 0 Å². The van der Waals surface area contributed by atoms with E-state index in [1.165, 1.54) is 5.48 Å². The summed E-state index contributed by atoms with van der Waals surface area (Å²) in [7, 11) is -3.82. The zero-order chi connectivity index (χ0) is 21.2. The molecule has 1 aliphatic heterocycles. The van der Waals surface area contributed by atoms with Crippen molar-refractivity contribution >= 4 is 15.7 Å². The lowest BCUT2D eigenvalue weighted by Crippen LogP contribution is -2.39. The number of rotatable bonds is 6. The van der Waals surface area contributed by atoms with Gasteiger partial charge in [0.15, 0.2) is 9.84 Å². The lowest BCUT2D eigenvalue weighted by molar-refractivity contribution is -0.128. The fourth-order valence-corrected chi connectivity index (χ4v) is 4.31. The number of aryl methyl sites for hydroxylation is 2. The van der Waals surface area contributed by atoms with E-state index in [1.54, 1.807) is 18.2 Å². The van der Waals surface area contributed by atoms with Crippen LogP contribution in [0.4, 0.5) is 4.39 Å². The molecule has 0 bridgehead atoms. The standard InChI is InChI=1S/C19H21FN2O6S/c1-29(26,27)17(19(24)21-25)6-7-22-11-15(20)14(10-18(22)23)12-4-5-16-13(9-12)3-2-8-28-16/h4-5,9-11,17,25H,2-3,6-8H2,1H3,(H,21,24). The van der Waals surface area contributed by atoms with Gasteiger partial charge in [-0.15, -0.1) is 0 Å². The maximum atomic E-state index is 14.7. The molecule has 10 heteroatoms. The van der Waals surface area contributed by atoms with Gasteiger partial charge in [-0.1, -0.05) is 6.07 Å². The summed E-state index contributed by atoms with van der Waals surface area (Å²) in [6.45, 7) is 0.429. The van der Waals surface area contributed by atoms with Gasteiger partial charge in [-0.25, -0.2) is 18.3 Å². The second kappa shape index (κ2) is 8.34. The Morgan fingerprint density at radius 1 is 1.38 bits per heavy atom. The van der Waals surface area contributed by atoms with E-state index in [9.17, 15) is 22.4 Å². The van der Waals surface area contributed by atoms with Gasteiger partial charge in [-0.3, -0.25) is 14.8 Å². The van der Waals surface area contributed by atoms with Crippen LogP contribution in [0.5, 0.6) is 5.75 Å². The van der Waals surface area contributed by atoms with Gasteiger partial charge in [0.1, 0.15) is 16.8 Å². The maximum Gasteiger partial charge on any atom is 0.261 e. The first kappa shape index (κ1) is 21.0. The average Bonchev–Trinajstić information content (AvgIpc) is 2.68. The lowest BCUT2D eigenvalue weighted by atomic mass is 9.99. The first-order chi connectivity index (χ1) is 13.7. The third kappa shape index (κ3) is 4.65. The van der Waals surface area contributed by atoms with E-state index in [-0.39, 0.29) is 18.5 Å². The van der Waals surface area contributed by atoms with Crippen molar-refractivity contribution in [2.75, 3.05) is 12.9 Å². The van der Waals surface area contributed by atoms with Crippen LogP contribution in [0.25, 0.3) is 11.1 Å². The number of halogens is 1. The topological polar surface area (TPSA) is 115 Å². The minimum absolute atomic E-state index is 0.132. The Morgan fingerprint density at radius 3 is 2.83 bits per heavy atom. The summed E-state index contributed by atoms with van der Waals surface area (Å²) in [5, 5.41) is 7.16. The number of carbonyl (C=O) groups is 1. The van der Waals surface area contributed by atoms with Crippen LogP contribution in [-0.2, 0) is 27.6 Å². The molecule has 29 heavy (non-hydrogen) atoms. The number of hydrogen-bond donors (Lipinski definition) is 2. The first-order valence-electron chi connectivity index (χ1n) is 8.99. The highest BCUT2D eigenvalue weighted by atomic mass is 32.2. The summed E-state index contributed by atoms with van der Waals surface area (Å²) in [5.74, 6) is -1.000. The molecule has 1 aromatic carbocycles. The molecule has 0 saturated carbocycles. The fraction of sp³-hybridized carbons (Fsp3) is 0.368. The van der Waals surface area contributed by atoms with Crippen molar-refractivity contribution in [3.8, 4) is 16.9 Å². The van der Waals surface area contributed by atoms with E-state index >= 15 is 0 Å². The van der Waals surface area contributed by atoms with Gasteiger partial charge in [0, 0.05) is 30.6 Å². The molecule has 3 rings (SSSR count). The number of hydrogen-bond acceptors (Lipinski definition) is 6. The molecule has 2 aromatic rings. The Labute approximate surface area is 166 Å². The van der Waals surface area contributed by atoms with E-state index in [1.807, 2.05) is 0 Å². The molecule has 156 valence electrons. The zero-order valence-electron chi connectivity index (χ0n) is 15.7. The van der Waals surface area contributed by atoms with Gasteiger partial charge in [0.2, 0.25) is 0 Å². The van der Waals surface area contributed by atoms with Crippen LogP contribution in [0.3, 0.4) is 0 Å². The van der Waals surface area contributed by atoms with Crippen molar-refractivity contribution in [3.63, 3.8) is 0 Å². The summed E-state index contributed by atoms with van der Waals surface area (Å²) >= 11 is 0. The summed E-state index contributed by atoms with van der Waals surface area (Å²) in [5.41, 5.74) is 2.39. The summed E-state index contributed by atoms with van der Waals surface area (Å²) in [6.07, 6.45) is 3.22. The molecule has 0 fully saturated rings. The van der Waals surface area contributed by atoms with Crippen molar-refractivity contribution in [2.45, 2.75) is 31.1 Å². The van der Waals surface area contributed by atoms with E-state index in [2.05, 4.69) is 0 Å². The van der Waals surface area contributed by atoms with Crippen LogP contribution in [0.1, 0.15) is 18.4 Å². The number of fused-ring (bicyclic) bond motifs is 1. The van der Waals surface area contributed by atoms with Crippen molar-refractivity contribution in [1.29, 1.82) is 0 Å². The quantitative estimate of drug-likeness (QED) is 0.533. The van der Waals surface area contributed by atoms with Crippen molar-refractivity contribution in [3.05, 3.63) is 52.2 Å². The van der Waals surface area contributed by atoms with Crippen molar-refractivity contribution < 1.29 is 27.5 Å². The molecular weight excluding hydrogens is 403 g/mol. The van der Waals surface area contributed by atoms with Crippen molar-refractivity contribution in [2.24, 2.45) is 0 Å². The number of pyridine rings is 1. The molecule has 2 heterocycles. The minimum Gasteiger partial charge on any atom is -0.493 e. The lowest BCUT2D eigenvalue weighted by Gasteiger charge is -2.18. The Kier molecular flexibility index (Phi) is 6.04. The Morgan fingerprint density at radius 2 is 2.14 bits per heavy atom. The van der Waals surface area contributed by atoms with E-state index < -0.39 is 32.4 Å². The van der Waals surface area contributed by atoms with Crippen LogP contribution in [-0.4, -0.2) is 42.2 Å². The van der Waals surface area contributed by atoms with E-state index in [0.29, 0.717) is 12.2 Å². The highest BCUT2D eigenvalue weighted by molar-refractivity contribution is 7.92. The van der Waals surface area contributed by atoms with Gasteiger partial charge in [0.05, 0.1) is 6.61 Å². The molecule has 0 saturated heterocycles. The molecular formula is C19H21FN2O6S. The predicted octanol–water partition coefficient (Wildman–Crippen LogP) is 1.29. The van der Waals surface area contributed by atoms with Crippen LogP contribution in [0.15, 0.2) is 35.3 Å². The normalized spacial score (nSPS) is 14.6. The molecule has 1 aliphatic rings. The maximum absolute atomic E-state index is 14.7. The molecule has 1 atom stereocenters. The number of benzene rings is 1. The highest BCUT2D eigenvalue weighted by Gasteiger charge is 2.28. The van der Waals surface area contributed by atoms with Gasteiger partial charge < -0.3 is 9.30 Å². The number of amides is 1. The van der Waals surface area contributed by atoms with Gasteiger partial charge in [-0.2, -0.15) is 0 Å². The van der Waals surface area contributed by atoms with Crippen LogP contribution < -0.4 is 15.8 Å². The number of nitrogens with one attached hydrogen (secondary N) is 1. The second-order valence-corrected chi connectivity index (χ2v) is 9.15. The third-order valence-corrected chi connectivity index (χ3v) is 6.33. The average molecular weight is 424 g/mol. The predicted molar refractivity (Wildman–Crippen MR) is 103 cm³/mol. The van der Waals surface area contributed by atoms with Gasteiger partial charge in [0.25, 0.3) is 11.5 Å². The smallest absolute Gasteiger partial charge is 0.261 e. The molecule has 1 unspecified atom stereocenters. The minimum atomic E-state index is -3.82. The second-order valence-electron chi connectivity index (χ2n) is 6.92. The largest absolute Gasteiger partial charge is 0.493 e. The molecule has 1 amide bonds. The highest BCUT2D eigenvalue weighted by Crippen LogP contribution is 2.30. The third-order valence-electron chi connectivity index (χ3n) is 4.85. The number of sulfone groups is 1. The molecule has 0 aliphatic carbocycles. The monoisotopic (exact) mass is 424 g/mol. The molecule has 0 radical (unpaired) electrons. The number of ether oxygens (including phenoxy) is 1. The summed E-state index contributed by atoms with van der Waals surface area (Å²) in [4.78, 5) is 24.0. The van der Waals surface area contributed by atoms with Crippen molar-refractivity contribution in [1.82, 2.24) is 10.0 Å². The Balaban J connectivity index is 1.86. The van der Waals surface area contributed by atoms with E-state index in [0.717, 1.165) is 47.2 Å². The van der Waals surface area contributed by atoms with Crippen LogP contribution in [0, 0.1) is 5.82 Å². The fourth-order valence-electron chi connectivity index (χ4n) is 3.34. The van der Waals surface area contributed by atoms with Crippen LogP contribution in [0.2, 0.25) is 0 Å². The summed E-state index contributed by atoms with van der Waals surface area (Å²) in [6, 6.07) is 6.36. The number of hydroxylamine groups is 1. The Hall–Kier alpha value is -2.72. The number of nitrogens with zero attached hydrogens (tertiary/aromatic N) is 1. The molecule has 1 aromatic heterocycles. The van der Waals surface area contributed by atoms with Crippen LogP contribution >= 0.6 is 0 Å². The van der Waals surface area contributed by atoms with E-state index in [4.69, 9.17) is 9.94 Å². The van der Waals surface area contributed by atoms with Gasteiger partial charge in [-0.05, 0) is 42.5 Å². The summed E-state index contributed by atoms with van der Waals surface area (Å²) < 4.78 is 44.7. The number of carbonyl (C=O) groups excluding carboxylic acids is 1. The Bertz CT molecular complexity index is 1100. The molecule has 0 spiro atoms. The SMILES string of the molecule is CS(=O)(=O)C(CCn1cc(F)c(-c2ccc3c(c2)CCCO3)cc1=O)C(=O)NO.